The predicted molar refractivity (Wildman–Crippen MR) is 98.5 cm³/mol. The molecule has 0 bridgehead atoms. The Hall–Kier alpha value is -0.943. The van der Waals surface area contributed by atoms with Gasteiger partial charge in [-0.2, -0.15) is 0 Å². The molecule has 0 saturated carbocycles. The minimum Gasteiger partial charge on any atom is -0.387 e. The molecule has 4 heteroatoms. The summed E-state index contributed by atoms with van der Waals surface area (Å²) in [6, 6.07) is 20.7. The molecule has 0 unspecified atom stereocenters. The molecular weight excluding hydrogens is 356 g/mol. The van der Waals surface area contributed by atoms with Crippen molar-refractivity contribution in [2.75, 3.05) is 11.9 Å². The summed E-state index contributed by atoms with van der Waals surface area (Å²) in [6.45, 7) is 6.86. The lowest BCUT2D eigenvalue weighted by Crippen LogP contribution is -2.66. The Labute approximate surface area is 142 Å². The van der Waals surface area contributed by atoms with Crippen LogP contribution in [0.1, 0.15) is 20.8 Å². The molecule has 118 valence electrons. The fourth-order valence-electron chi connectivity index (χ4n) is 2.41. The lowest BCUT2D eigenvalue weighted by molar-refractivity contribution is 0.0807. The fraction of sp³-hybridized carbons (Fsp3) is 0.333. The number of halogens is 1. The van der Waals surface area contributed by atoms with Gasteiger partial charge in [0.15, 0.2) is 0 Å². The van der Waals surface area contributed by atoms with Crippen LogP contribution >= 0.6 is 15.9 Å². The maximum atomic E-state index is 6.60. The third kappa shape index (κ3) is 4.29. The number of alkyl halides is 1. The molecule has 0 atom stereocenters. The zero-order valence-corrected chi connectivity index (χ0v) is 16.0. The van der Waals surface area contributed by atoms with E-state index in [0.29, 0.717) is 6.61 Å². The highest BCUT2D eigenvalue weighted by atomic mass is 79.9. The first kappa shape index (κ1) is 17.4. The van der Waals surface area contributed by atoms with Crippen molar-refractivity contribution >= 4 is 34.9 Å². The summed E-state index contributed by atoms with van der Waals surface area (Å²) >= 11 is 3.47. The lowest BCUT2D eigenvalue weighted by Gasteiger charge is -2.37. The van der Waals surface area contributed by atoms with Crippen LogP contribution in [0, 0.1) is 0 Å². The van der Waals surface area contributed by atoms with Crippen LogP contribution in [0.25, 0.3) is 0 Å². The van der Waals surface area contributed by atoms with Gasteiger partial charge in [-0.05, 0) is 31.1 Å². The highest BCUT2D eigenvalue weighted by Crippen LogP contribution is 2.19. The molecule has 0 heterocycles. The van der Waals surface area contributed by atoms with Gasteiger partial charge >= 0.3 is 8.56 Å². The Balaban J connectivity index is 2.58. The molecule has 2 nitrogen and oxygen atoms in total. The van der Waals surface area contributed by atoms with Crippen molar-refractivity contribution in [2.45, 2.75) is 26.4 Å². The zero-order valence-electron chi connectivity index (χ0n) is 13.4. The third-order valence-corrected chi connectivity index (χ3v) is 7.16. The first-order valence-electron chi connectivity index (χ1n) is 7.49. The molecule has 0 fully saturated rings. The van der Waals surface area contributed by atoms with E-state index in [1.807, 2.05) is 36.4 Å². The molecule has 2 rings (SSSR count). The highest BCUT2D eigenvalue weighted by Gasteiger charge is 2.45. The summed E-state index contributed by atoms with van der Waals surface area (Å²) in [5.74, 6) is 0. The summed E-state index contributed by atoms with van der Waals surface area (Å²) in [5, 5.41) is 3.06. The molecule has 0 saturated heterocycles. The quantitative estimate of drug-likeness (QED) is 0.565. The van der Waals surface area contributed by atoms with Gasteiger partial charge in [-0.25, -0.2) is 0 Å². The largest absolute Gasteiger partial charge is 0.407 e. The van der Waals surface area contributed by atoms with E-state index in [1.54, 1.807) is 0 Å². The molecule has 2 aromatic carbocycles. The first-order chi connectivity index (χ1) is 10.5. The van der Waals surface area contributed by atoms with E-state index in [2.05, 4.69) is 61.0 Å². The van der Waals surface area contributed by atoms with Crippen LogP contribution in [0.5, 0.6) is 0 Å². The van der Waals surface area contributed by atoms with Crippen LogP contribution < -0.4 is 10.4 Å². The average Bonchev–Trinajstić information content (AvgIpc) is 2.52. The SMILES string of the molecule is CC(C)(C)O[Si](OCCBr)(c1ccccc1)c1ccccc1. The van der Waals surface area contributed by atoms with Crippen LogP contribution in [0.2, 0.25) is 0 Å². The van der Waals surface area contributed by atoms with Gasteiger partial charge in [0, 0.05) is 11.9 Å². The molecule has 0 spiro atoms. The van der Waals surface area contributed by atoms with Gasteiger partial charge in [0.05, 0.1) is 5.60 Å². The van der Waals surface area contributed by atoms with E-state index < -0.39 is 8.56 Å². The number of benzene rings is 2. The molecule has 0 aliphatic heterocycles. The Bertz CT molecular complexity index is 527. The van der Waals surface area contributed by atoms with Crippen LogP contribution in [-0.4, -0.2) is 26.1 Å². The van der Waals surface area contributed by atoms with E-state index >= 15 is 0 Å². The molecule has 0 aromatic heterocycles. The van der Waals surface area contributed by atoms with Crippen molar-refractivity contribution in [2.24, 2.45) is 0 Å². The van der Waals surface area contributed by atoms with Crippen molar-refractivity contribution in [3.63, 3.8) is 0 Å². The molecule has 0 radical (unpaired) electrons. The molecule has 0 aliphatic carbocycles. The van der Waals surface area contributed by atoms with Crippen LogP contribution in [-0.2, 0) is 8.85 Å². The van der Waals surface area contributed by atoms with E-state index in [-0.39, 0.29) is 5.60 Å². The van der Waals surface area contributed by atoms with Gasteiger partial charge in [0.1, 0.15) is 0 Å². The summed E-state index contributed by atoms with van der Waals surface area (Å²) in [5.41, 5.74) is -0.287. The van der Waals surface area contributed by atoms with Gasteiger partial charge in [0.25, 0.3) is 0 Å². The second kappa shape index (κ2) is 7.55. The van der Waals surface area contributed by atoms with E-state index in [9.17, 15) is 0 Å². The Morgan fingerprint density at radius 1 is 0.864 bits per heavy atom. The Morgan fingerprint density at radius 2 is 1.32 bits per heavy atom. The van der Waals surface area contributed by atoms with Crippen molar-refractivity contribution in [3.8, 4) is 0 Å². The highest BCUT2D eigenvalue weighted by molar-refractivity contribution is 9.09. The maximum Gasteiger partial charge on any atom is 0.407 e. The summed E-state index contributed by atoms with van der Waals surface area (Å²) in [4.78, 5) is 0. The monoisotopic (exact) mass is 378 g/mol. The van der Waals surface area contributed by atoms with Crippen molar-refractivity contribution in [1.82, 2.24) is 0 Å². The standard InChI is InChI=1S/C18H23BrO2Si/c1-18(2,3)21-22(20-15-14-19,16-10-6-4-7-11-16)17-12-8-5-9-13-17/h4-13H,14-15H2,1-3H3. The molecular formula is C18H23BrO2Si. The molecule has 22 heavy (non-hydrogen) atoms. The molecule has 0 N–H and O–H groups in total. The topological polar surface area (TPSA) is 18.5 Å². The van der Waals surface area contributed by atoms with Gasteiger partial charge in [-0.15, -0.1) is 0 Å². The Kier molecular flexibility index (Phi) is 5.98. The first-order valence-corrected chi connectivity index (χ1v) is 10.4. The summed E-state index contributed by atoms with van der Waals surface area (Å²) < 4.78 is 13.0. The van der Waals surface area contributed by atoms with E-state index in [1.165, 1.54) is 0 Å². The number of hydrogen-bond acceptors (Lipinski definition) is 2. The molecule has 2 aromatic rings. The third-order valence-electron chi connectivity index (χ3n) is 3.14. The van der Waals surface area contributed by atoms with Crippen molar-refractivity contribution in [3.05, 3.63) is 60.7 Å². The Morgan fingerprint density at radius 3 is 1.68 bits per heavy atom. The van der Waals surface area contributed by atoms with Gasteiger partial charge in [0.2, 0.25) is 0 Å². The minimum absolute atomic E-state index is 0.287. The average molecular weight is 379 g/mol. The van der Waals surface area contributed by atoms with Crippen LogP contribution in [0.15, 0.2) is 60.7 Å². The second-order valence-electron chi connectivity index (χ2n) is 6.10. The molecule has 0 amide bonds. The minimum atomic E-state index is -2.73. The van der Waals surface area contributed by atoms with E-state index in [4.69, 9.17) is 8.85 Å². The van der Waals surface area contributed by atoms with Gasteiger partial charge in [-0.3, -0.25) is 0 Å². The number of rotatable bonds is 6. The summed E-state index contributed by atoms with van der Waals surface area (Å²) in [6.07, 6.45) is 0. The van der Waals surface area contributed by atoms with E-state index in [0.717, 1.165) is 15.7 Å². The van der Waals surface area contributed by atoms with Crippen LogP contribution in [0.3, 0.4) is 0 Å². The lowest BCUT2D eigenvalue weighted by atomic mass is 10.2. The number of hydrogen-bond donors (Lipinski definition) is 0. The fourth-order valence-corrected chi connectivity index (χ4v) is 6.35. The zero-order chi connectivity index (χ0) is 16.1. The summed E-state index contributed by atoms with van der Waals surface area (Å²) in [7, 11) is -2.73. The van der Waals surface area contributed by atoms with Crippen molar-refractivity contribution in [1.29, 1.82) is 0 Å². The van der Waals surface area contributed by atoms with Crippen molar-refractivity contribution < 1.29 is 8.85 Å². The van der Waals surface area contributed by atoms with Gasteiger partial charge in [-0.1, -0.05) is 76.6 Å². The maximum absolute atomic E-state index is 6.60. The smallest absolute Gasteiger partial charge is 0.387 e. The second-order valence-corrected chi connectivity index (χ2v) is 9.77. The normalized spacial score (nSPS) is 12.4. The van der Waals surface area contributed by atoms with Crippen LogP contribution in [0.4, 0.5) is 0 Å². The molecule has 0 aliphatic rings. The predicted octanol–water partition coefficient (Wildman–Crippen LogP) is 3.47. The van der Waals surface area contributed by atoms with Gasteiger partial charge < -0.3 is 8.85 Å².